The second-order valence-corrected chi connectivity index (χ2v) is 6.65. The van der Waals surface area contributed by atoms with E-state index in [2.05, 4.69) is 33.0 Å². The molecule has 0 aromatic heterocycles. The molecule has 1 aromatic rings. The molecule has 0 fully saturated rings. The molecule has 0 aliphatic rings. The van der Waals surface area contributed by atoms with Gasteiger partial charge in [0.25, 0.3) is 0 Å². The number of halogens is 1. The molecule has 120 valence electrons. The smallest absolute Gasteiger partial charge is 0.123 e. The third-order valence-electron chi connectivity index (χ3n) is 3.36. The molecule has 0 saturated heterocycles. The fraction of sp³-hybridized carbons (Fsp3) is 0.667. The Morgan fingerprint density at radius 2 is 1.86 bits per heavy atom. The zero-order valence-corrected chi connectivity index (χ0v) is 13.9. The summed E-state index contributed by atoms with van der Waals surface area (Å²) < 4.78 is 18.8. The van der Waals surface area contributed by atoms with Gasteiger partial charge in [0.05, 0.1) is 5.60 Å². The van der Waals surface area contributed by atoms with Gasteiger partial charge in [0, 0.05) is 6.61 Å². The summed E-state index contributed by atoms with van der Waals surface area (Å²) in [5, 5.41) is 3.48. The van der Waals surface area contributed by atoms with E-state index in [1.807, 2.05) is 12.1 Å². The number of hydrogen-bond donors (Lipinski definition) is 1. The van der Waals surface area contributed by atoms with E-state index >= 15 is 0 Å². The Bertz CT molecular complexity index is 383. The van der Waals surface area contributed by atoms with Crippen molar-refractivity contribution < 1.29 is 9.13 Å². The van der Waals surface area contributed by atoms with E-state index in [4.69, 9.17) is 4.74 Å². The molecule has 0 aliphatic carbocycles. The number of hydrogen-bond acceptors (Lipinski definition) is 2. The average molecular weight is 295 g/mol. The van der Waals surface area contributed by atoms with Gasteiger partial charge in [0.1, 0.15) is 5.82 Å². The monoisotopic (exact) mass is 295 g/mol. The first-order valence-electron chi connectivity index (χ1n) is 8.00. The zero-order chi connectivity index (χ0) is 15.7. The molecule has 3 heteroatoms. The van der Waals surface area contributed by atoms with Gasteiger partial charge < -0.3 is 10.1 Å². The van der Waals surface area contributed by atoms with Crippen LogP contribution >= 0.6 is 0 Å². The van der Waals surface area contributed by atoms with Crippen molar-refractivity contribution in [1.29, 1.82) is 0 Å². The Kier molecular flexibility index (Phi) is 7.91. The first-order valence-corrected chi connectivity index (χ1v) is 8.00. The molecular weight excluding hydrogens is 265 g/mol. The highest BCUT2D eigenvalue weighted by molar-refractivity contribution is 5.16. The molecule has 0 heterocycles. The van der Waals surface area contributed by atoms with Gasteiger partial charge in [0.15, 0.2) is 0 Å². The highest BCUT2D eigenvalue weighted by Gasteiger charge is 2.14. The lowest BCUT2D eigenvalue weighted by molar-refractivity contribution is -0.00919. The Labute approximate surface area is 129 Å². The van der Waals surface area contributed by atoms with Crippen molar-refractivity contribution in [2.45, 2.75) is 52.6 Å². The van der Waals surface area contributed by atoms with Gasteiger partial charge in [-0.1, -0.05) is 19.1 Å². The first kappa shape index (κ1) is 18.1. The maximum Gasteiger partial charge on any atom is 0.123 e. The van der Waals surface area contributed by atoms with Crippen molar-refractivity contribution in [3.8, 4) is 0 Å². The number of rotatable bonds is 9. The van der Waals surface area contributed by atoms with Crippen molar-refractivity contribution in [1.82, 2.24) is 5.32 Å². The van der Waals surface area contributed by atoms with Crippen LogP contribution in [0.25, 0.3) is 0 Å². The lowest BCUT2D eigenvalue weighted by Crippen LogP contribution is -2.27. The Morgan fingerprint density at radius 3 is 2.43 bits per heavy atom. The van der Waals surface area contributed by atoms with Gasteiger partial charge in [0.2, 0.25) is 0 Å². The SMILES string of the molecule is CCCNCC(CCOC(C)(C)C)Cc1ccc(F)cc1. The third kappa shape index (κ3) is 8.84. The van der Waals surface area contributed by atoms with Crippen LogP contribution in [0.1, 0.15) is 46.1 Å². The second-order valence-electron chi connectivity index (χ2n) is 6.65. The molecule has 21 heavy (non-hydrogen) atoms. The average Bonchev–Trinajstić information content (AvgIpc) is 2.40. The molecule has 0 bridgehead atoms. The molecule has 1 aromatic carbocycles. The van der Waals surface area contributed by atoms with E-state index in [-0.39, 0.29) is 11.4 Å². The summed E-state index contributed by atoms with van der Waals surface area (Å²) in [5.41, 5.74) is 1.10. The van der Waals surface area contributed by atoms with Crippen LogP contribution in [-0.2, 0) is 11.2 Å². The van der Waals surface area contributed by atoms with E-state index in [9.17, 15) is 4.39 Å². The molecule has 0 radical (unpaired) electrons. The van der Waals surface area contributed by atoms with Crippen LogP contribution in [0.3, 0.4) is 0 Å². The van der Waals surface area contributed by atoms with E-state index in [1.165, 1.54) is 17.7 Å². The number of ether oxygens (including phenoxy) is 1. The molecule has 1 N–H and O–H groups in total. The van der Waals surface area contributed by atoms with Gasteiger partial charge in [-0.15, -0.1) is 0 Å². The van der Waals surface area contributed by atoms with Crippen LogP contribution in [0.4, 0.5) is 4.39 Å². The third-order valence-corrected chi connectivity index (χ3v) is 3.36. The van der Waals surface area contributed by atoms with Crippen LogP contribution in [0.5, 0.6) is 0 Å². The normalized spacial score (nSPS) is 13.4. The van der Waals surface area contributed by atoms with Crippen LogP contribution in [0.15, 0.2) is 24.3 Å². The fourth-order valence-corrected chi connectivity index (χ4v) is 2.24. The van der Waals surface area contributed by atoms with Gasteiger partial charge in [-0.25, -0.2) is 4.39 Å². The summed E-state index contributed by atoms with van der Waals surface area (Å²) >= 11 is 0. The van der Waals surface area contributed by atoms with Gasteiger partial charge in [-0.05, 0) is 76.7 Å². The summed E-state index contributed by atoms with van der Waals surface area (Å²) in [6.45, 7) is 11.2. The minimum atomic E-state index is -0.171. The highest BCUT2D eigenvalue weighted by Crippen LogP contribution is 2.15. The van der Waals surface area contributed by atoms with Crippen LogP contribution in [0, 0.1) is 11.7 Å². The van der Waals surface area contributed by atoms with Gasteiger partial charge in [-0.2, -0.15) is 0 Å². The van der Waals surface area contributed by atoms with Crippen LogP contribution in [-0.4, -0.2) is 25.3 Å². The lowest BCUT2D eigenvalue weighted by Gasteiger charge is -2.23. The maximum atomic E-state index is 13.0. The van der Waals surface area contributed by atoms with Crippen LogP contribution < -0.4 is 5.32 Å². The second kappa shape index (κ2) is 9.16. The molecule has 0 saturated carbocycles. The summed E-state index contributed by atoms with van der Waals surface area (Å²) in [4.78, 5) is 0. The molecule has 1 rings (SSSR count). The quantitative estimate of drug-likeness (QED) is 0.690. The van der Waals surface area contributed by atoms with E-state index in [0.29, 0.717) is 5.92 Å². The minimum Gasteiger partial charge on any atom is -0.376 e. The number of nitrogens with one attached hydrogen (secondary N) is 1. The van der Waals surface area contributed by atoms with E-state index < -0.39 is 0 Å². The summed E-state index contributed by atoms with van der Waals surface area (Å²) in [6.07, 6.45) is 3.12. The van der Waals surface area contributed by atoms with Crippen molar-refractivity contribution >= 4 is 0 Å². The molecule has 2 nitrogen and oxygen atoms in total. The summed E-state index contributed by atoms with van der Waals surface area (Å²) in [7, 11) is 0. The standard InChI is InChI=1S/C18H30FNO/c1-5-11-20-14-16(10-12-21-18(2,3)4)13-15-6-8-17(19)9-7-15/h6-9,16,20H,5,10-14H2,1-4H3. The van der Waals surface area contributed by atoms with E-state index in [0.717, 1.165) is 39.0 Å². The molecular formula is C18H30FNO. The minimum absolute atomic E-state index is 0.0860. The summed E-state index contributed by atoms with van der Waals surface area (Å²) in [6, 6.07) is 6.84. The number of benzene rings is 1. The van der Waals surface area contributed by atoms with Gasteiger partial charge in [-0.3, -0.25) is 0 Å². The van der Waals surface area contributed by atoms with E-state index in [1.54, 1.807) is 0 Å². The molecule has 0 spiro atoms. The Morgan fingerprint density at radius 1 is 1.19 bits per heavy atom. The fourth-order valence-electron chi connectivity index (χ4n) is 2.24. The molecule has 1 atom stereocenters. The van der Waals surface area contributed by atoms with Crippen LogP contribution in [0.2, 0.25) is 0 Å². The summed E-state index contributed by atoms with van der Waals surface area (Å²) in [5.74, 6) is 0.347. The molecule has 0 aliphatic heterocycles. The maximum absolute atomic E-state index is 13.0. The molecule has 0 amide bonds. The highest BCUT2D eigenvalue weighted by atomic mass is 19.1. The largest absolute Gasteiger partial charge is 0.376 e. The lowest BCUT2D eigenvalue weighted by atomic mass is 9.96. The van der Waals surface area contributed by atoms with Crippen molar-refractivity contribution in [2.75, 3.05) is 19.7 Å². The molecule has 1 unspecified atom stereocenters. The zero-order valence-electron chi connectivity index (χ0n) is 13.9. The predicted octanol–water partition coefficient (Wildman–Crippen LogP) is 4.19. The van der Waals surface area contributed by atoms with Crippen molar-refractivity contribution in [3.63, 3.8) is 0 Å². The first-order chi connectivity index (χ1) is 9.90. The van der Waals surface area contributed by atoms with Crippen molar-refractivity contribution in [3.05, 3.63) is 35.6 Å². The van der Waals surface area contributed by atoms with Gasteiger partial charge >= 0.3 is 0 Å². The van der Waals surface area contributed by atoms with Crippen molar-refractivity contribution in [2.24, 2.45) is 5.92 Å². The predicted molar refractivity (Wildman–Crippen MR) is 87.1 cm³/mol. The topological polar surface area (TPSA) is 21.3 Å². The Balaban J connectivity index is 2.48. The Hall–Kier alpha value is -0.930.